The summed E-state index contributed by atoms with van der Waals surface area (Å²) in [5.74, 6) is 1.11. The van der Waals surface area contributed by atoms with Gasteiger partial charge in [0.05, 0.1) is 12.9 Å². The van der Waals surface area contributed by atoms with Crippen LogP contribution >= 0.6 is 0 Å². The number of methoxy groups -OCH3 is 1. The fourth-order valence-electron chi connectivity index (χ4n) is 2.70. The summed E-state index contributed by atoms with van der Waals surface area (Å²) in [6, 6.07) is 5.39. The summed E-state index contributed by atoms with van der Waals surface area (Å²) < 4.78 is 36.0. The summed E-state index contributed by atoms with van der Waals surface area (Å²) >= 11 is 0. The highest BCUT2D eigenvalue weighted by atomic mass is 32.2. The molecule has 8 heteroatoms. The molecule has 7 nitrogen and oxygen atoms in total. The second-order valence-electron chi connectivity index (χ2n) is 5.97. The van der Waals surface area contributed by atoms with Crippen molar-refractivity contribution in [1.29, 1.82) is 0 Å². The average Bonchev–Trinajstić information content (AvgIpc) is 2.70. The van der Waals surface area contributed by atoms with E-state index in [-0.39, 0.29) is 11.7 Å². The highest BCUT2D eigenvalue weighted by Crippen LogP contribution is 2.28. The maximum absolute atomic E-state index is 12.4. The van der Waals surface area contributed by atoms with Gasteiger partial charge in [-0.25, -0.2) is 8.42 Å². The Morgan fingerprint density at radius 2 is 1.93 bits per heavy atom. The molecule has 2 rings (SSSR count). The monoisotopic (exact) mass is 394 g/mol. The molecule has 0 atom stereocenters. The predicted octanol–water partition coefficient (Wildman–Crippen LogP) is 1.77. The van der Waals surface area contributed by atoms with Crippen molar-refractivity contribution in [2.24, 2.45) is 0 Å². The molecular formula is C19H26N2O5S. The number of rotatable bonds is 8. The first kappa shape index (κ1) is 21.0. The Kier molecular flexibility index (Phi) is 7.44. The summed E-state index contributed by atoms with van der Waals surface area (Å²) in [4.78, 5) is 14.0. The largest absolute Gasteiger partial charge is 0.493 e. The van der Waals surface area contributed by atoms with Crippen molar-refractivity contribution in [3.63, 3.8) is 0 Å². The van der Waals surface area contributed by atoms with Crippen molar-refractivity contribution in [1.82, 2.24) is 9.21 Å². The zero-order valence-corrected chi connectivity index (χ0v) is 16.6. The number of amides is 1. The van der Waals surface area contributed by atoms with E-state index in [1.165, 1.54) is 10.4 Å². The molecule has 1 aliphatic rings. The number of hydrogen-bond acceptors (Lipinski definition) is 5. The van der Waals surface area contributed by atoms with Gasteiger partial charge in [-0.15, -0.1) is 0 Å². The van der Waals surface area contributed by atoms with E-state index in [1.807, 2.05) is 6.07 Å². The van der Waals surface area contributed by atoms with E-state index in [9.17, 15) is 13.2 Å². The van der Waals surface area contributed by atoms with Crippen molar-refractivity contribution in [3.8, 4) is 11.5 Å². The standard InChI is InChI=1S/C19H26N2O5S/c1-4-14-26-17-8-6-16(15-18(17)25-3)7-9-19(22)20-10-12-21(13-11-20)27(23,24)5-2/h4,6-9,15H,1,5,10-14H2,2-3H3/b9-7+. The summed E-state index contributed by atoms with van der Waals surface area (Å²) in [6.45, 7) is 7.05. The van der Waals surface area contributed by atoms with E-state index >= 15 is 0 Å². The molecule has 1 aromatic rings. The average molecular weight is 394 g/mol. The number of nitrogens with zero attached hydrogens (tertiary/aromatic N) is 2. The van der Waals surface area contributed by atoms with Crippen LogP contribution in [0.2, 0.25) is 0 Å². The highest BCUT2D eigenvalue weighted by Gasteiger charge is 2.26. The first-order chi connectivity index (χ1) is 12.9. The first-order valence-electron chi connectivity index (χ1n) is 8.77. The molecular weight excluding hydrogens is 368 g/mol. The highest BCUT2D eigenvalue weighted by molar-refractivity contribution is 7.89. The van der Waals surface area contributed by atoms with Gasteiger partial charge in [-0.1, -0.05) is 18.7 Å². The van der Waals surface area contributed by atoms with Crippen molar-refractivity contribution in [2.45, 2.75) is 6.92 Å². The molecule has 0 aliphatic carbocycles. The number of benzene rings is 1. The molecule has 1 fully saturated rings. The van der Waals surface area contributed by atoms with Crippen molar-refractivity contribution in [3.05, 3.63) is 42.5 Å². The van der Waals surface area contributed by atoms with Crippen LogP contribution in [0.4, 0.5) is 0 Å². The number of piperazine rings is 1. The van der Waals surface area contributed by atoms with Gasteiger partial charge >= 0.3 is 0 Å². The minimum atomic E-state index is -3.20. The van der Waals surface area contributed by atoms with Crippen molar-refractivity contribution < 1.29 is 22.7 Å². The zero-order chi connectivity index (χ0) is 19.9. The van der Waals surface area contributed by atoms with Crippen LogP contribution in [0.1, 0.15) is 12.5 Å². The lowest BCUT2D eigenvalue weighted by atomic mass is 10.2. The van der Waals surface area contributed by atoms with Gasteiger partial charge < -0.3 is 14.4 Å². The molecule has 0 saturated carbocycles. The van der Waals surface area contributed by atoms with Gasteiger partial charge in [0, 0.05) is 32.3 Å². The fraction of sp³-hybridized carbons (Fsp3) is 0.421. The summed E-state index contributed by atoms with van der Waals surface area (Å²) in [5, 5.41) is 0. The quantitative estimate of drug-likeness (QED) is 0.496. The molecule has 0 radical (unpaired) electrons. The molecule has 1 aliphatic heterocycles. The second-order valence-corrected chi connectivity index (χ2v) is 8.23. The molecule has 0 N–H and O–H groups in total. The van der Waals surface area contributed by atoms with Crippen LogP contribution in [-0.4, -0.2) is 69.2 Å². The summed E-state index contributed by atoms with van der Waals surface area (Å²) in [6.07, 6.45) is 4.84. The Balaban J connectivity index is 1.98. The molecule has 1 amide bonds. The number of ether oxygens (including phenoxy) is 2. The number of sulfonamides is 1. The normalized spacial score (nSPS) is 15.7. The van der Waals surface area contributed by atoms with Crippen molar-refractivity contribution >= 4 is 22.0 Å². The van der Waals surface area contributed by atoms with Gasteiger partial charge in [-0.05, 0) is 30.7 Å². The van der Waals surface area contributed by atoms with Crippen LogP contribution in [0, 0.1) is 0 Å². The van der Waals surface area contributed by atoms with Crippen LogP contribution in [-0.2, 0) is 14.8 Å². The third-order valence-corrected chi connectivity index (χ3v) is 6.15. The molecule has 0 unspecified atom stereocenters. The van der Waals surface area contributed by atoms with Crippen LogP contribution in [0.5, 0.6) is 11.5 Å². The molecule has 0 spiro atoms. The lowest BCUT2D eigenvalue weighted by molar-refractivity contribution is -0.127. The van der Waals surface area contributed by atoms with Gasteiger partial charge in [0.2, 0.25) is 15.9 Å². The Bertz CT molecular complexity index is 796. The Labute approximate surface area is 160 Å². The molecule has 0 bridgehead atoms. The summed E-state index contributed by atoms with van der Waals surface area (Å²) in [5.41, 5.74) is 0.804. The smallest absolute Gasteiger partial charge is 0.246 e. The maximum Gasteiger partial charge on any atom is 0.246 e. The number of carbonyl (C=O) groups is 1. The van der Waals surface area contributed by atoms with E-state index in [0.717, 1.165) is 5.56 Å². The molecule has 148 valence electrons. The topological polar surface area (TPSA) is 76.2 Å². The first-order valence-corrected chi connectivity index (χ1v) is 10.4. The number of hydrogen-bond donors (Lipinski definition) is 0. The minimum Gasteiger partial charge on any atom is -0.493 e. The Morgan fingerprint density at radius 1 is 1.22 bits per heavy atom. The third-order valence-electron chi connectivity index (χ3n) is 4.27. The zero-order valence-electron chi connectivity index (χ0n) is 15.8. The van der Waals surface area contributed by atoms with Crippen LogP contribution in [0.25, 0.3) is 6.08 Å². The predicted molar refractivity (Wildman–Crippen MR) is 105 cm³/mol. The van der Waals surface area contributed by atoms with Gasteiger partial charge in [0.25, 0.3) is 0 Å². The van der Waals surface area contributed by atoms with Crippen LogP contribution < -0.4 is 9.47 Å². The lowest BCUT2D eigenvalue weighted by Gasteiger charge is -2.33. The Morgan fingerprint density at radius 3 is 2.52 bits per heavy atom. The summed E-state index contributed by atoms with van der Waals surface area (Å²) in [7, 11) is -1.64. The molecule has 0 aromatic heterocycles. The second kappa shape index (κ2) is 9.57. The molecule has 1 heterocycles. The van der Waals surface area contributed by atoms with E-state index < -0.39 is 10.0 Å². The third kappa shape index (κ3) is 5.58. The number of carbonyl (C=O) groups excluding carboxylic acids is 1. The van der Waals surface area contributed by atoms with Gasteiger partial charge in [-0.2, -0.15) is 4.31 Å². The molecule has 1 aromatic carbocycles. The maximum atomic E-state index is 12.4. The Hall–Kier alpha value is -2.32. The van der Waals surface area contributed by atoms with Crippen molar-refractivity contribution in [2.75, 3.05) is 45.6 Å². The SMILES string of the molecule is C=CCOc1ccc(/C=C/C(=O)N2CCN(S(=O)(=O)CC)CC2)cc1OC. The van der Waals surface area contributed by atoms with Gasteiger partial charge in [-0.3, -0.25) is 4.79 Å². The molecule has 1 saturated heterocycles. The molecule has 27 heavy (non-hydrogen) atoms. The van der Waals surface area contributed by atoms with Gasteiger partial charge in [0.15, 0.2) is 11.5 Å². The van der Waals surface area contributed by atoms with E-state index in [2.05, 4.69) is 6.58 Å². The van der Waals surface area contributed by atoms with Crippen LogP contribution in [0.15, 0.2) is 36.9 Å². The fourth-order valence-corrected chi connectivity index (χ4v) is 3.78. The van der Waals surface area contributed by atoms with E-state index in [0.29, 0.717) is 44.3 Å². The lowest BCUT2D eigenvalue weighted by Crippen LogP contribution is -2.50. The van der Waals surface area contributed by atoms with E-state index in [1.54, 1.807) is 43.2 Å². The van der Waals surface area contributed by atoms with Crippen LogP contribution in [0.3, 0.4) is 0 Å². The minimum absolute atomic E-state index is 0.0786. The van der Waals surface area contributed by atoms with Gasteiger partial charge in [0.1, 0.15) is 6.61 Å². The van der Waals surface area contributed by atoms with E-state index in [4.69, 9.17) is 9.47 Å².